The Labute approximate surface area is 129 Å². The van der Waals surface area contributed by atoms with Crippen LogP contribution in [0.1, 0.15) is 35.6 Å². The lowest BCUT2D eigenvalue weighted by Crippen LogP contribution is -2.00. The molecule has 2 rings (SSSR count). The molecule has 0 saturated heterocycles. The van der Waals surface area contributed by atoms with Gasteiger partial charge in [0.1, 0.15) is 17.2 Å². The maximum Gasteiger partial charge on any atom is 0.227 e. The molecule has 0 saturated carbocycles. The first-order chi connectivity index (χ1) is 10.1. The highest BCUT2D eigenvalue weighted by atomic mass is 35.5. The van der Waals surface area contributed by atoms with Crippen molar-refractivity contribution in [1.29, 1.82) is 5.26 Å². The summed E-state index contributed by atoms with van der Waals surface area (Å²) in [6.45, 7) is 5.88. The minimum absolute atomic E-state index is 0.422. The van der Waals surface area contributed by atoms with E-state index in [4.69, 9.17) is 21.6 Å². The molecular formula is C16H16ClN3O. The van der Waals surface area contributed by atoms with Gasteiger partial charge in [-0.05, 0) is 43.5 Å². The van der Waals surface area contributed by atoms with E-state index in [-0.39, 0.29) is 0 Å². The quantitative estimate of drug-likeness (QED) is 0.787. The average molecular weight is 302 g/mol. The number of halogens is 1. The Morgan fingerprint density at radius 2 is 1.90 bits per heavy atom. The zero-order valence-corrected chi connectivity index (χ0v) is 13.0. The average Bonchev–Trinajstić information content (AvgIpc) is 2.46. The molecule has 0 aliphatic rings. The van der Waals surface area contributed by atoms with Crippen LogP contribution in [0.25, 0.3) is 0 Å². The summed E-state index contributed by atoms with van der Waals surface area (Å²) in [6, 6.07) is 5.73. The number of benzene rings is 1. The lowest BCUT2D eigenvalue weighted by molar-refractivity contribution is 0.447. The summed E-state index contributed by atoms with van der Waals surface area (Å²) in [5, 5.41) is 9.41. The molecule has 0 unspecified atom stereocenters. The number of hydrogen-bond acceptors (Lipinski definition) is 4. The fourth-order valence-electron chi connectivity index (χ4n) is 2.20. The van der Waals surface area contributed by atoms with Gasteiger partial charge in [0.2, 0.25) is 5.88 Å². The van der Waals surface area contributed by atoms with E-state index in [1.54, 1.807) is 12.1 Å². The van der Waals surface area contributed by atoms with Gasteiger partial charge in [-0.3, -0.25) is 0 Å². The monoisotopic (exact) mass is 301 g/mol. The van der Waals surface area contributed by atoms with Crippen molar-refractivity contribution in [3.8, 4) is 17.7 Å². The second-order valence-electron chi connectivity index (χ2n) is 4.85. The molecule has 0 amide bonds. The number of aryl methyl sites for hydroxylation is 2. The molecule has 1 heterocycles. The molecule has 5 heteroatoms. The molecule has 108 valence electrons. The Hall–Kier alpha value is -2.12. The van der Waals surface area contributed by atoms with Crippen LogP contribution in [0.5, 0.6) is 11.6 Å². The molecule has 2 aromatic rings. The van der Waals surface area contributed by atoms with Gasteiger partial charge in [0, 0.05) is 0 Å². The van der Waals surface area contributed by atoms with E-state index in [0.29, 0.717) is 22.3 Å². The number of nitrogens with zero attached hydrogens (tertiary/aromatic N) is 3. The number of nitriles is 1. The van der Waals surface area contributed by atoms with Crippen LogP contribution >= 0.6 is 11.6 Å². The Morgan fingerprint density at radius 3 is 2.48 bits per heavy atom. The van der Waals surface area contributed by atoms with Crippen LogP contribution in [0.15, 0.2) is 18.5 Å². The lowest BCUT2D eigenvalue weighted by Gasteiger charge is -2.14. The topological polar surface area (TPSA) is 58.8 Å². The van der Waals surface area contributed by atoms with E-state index in [9.17, 15) is 0 Å². The molecular weight excluding hydrogens is 286 g/mol. The van der Waals surface area contributed by atoms with Gasteiger partial charge in [-0.1, -0.05) is 24.9 Å². The summed E-state index contributed by atoms with van der Waals surface area (Å²) in [6.07, 6.45) is 3.07. The lowest BCUT2D eigenvalue weighted by atomic mass is 10.1. The third-order valence-corrected chi connectivity index (χ3v) is 3.47. The maximum absolute atomic E-state index is 8.99. The third-order valence-electron chi connectivity index (χ3n) is 3.14. The standard InChI is InChI=1S/C16H16ClN3O/c1-4-5-13-15(17)19-9-20-16(13)21-14-10(2)6-12(8-18)7-11(14)3/h6-7,9H,4-5H2,1-3H3. The Balaban J connectivity index is 2.44. The minimum Gasteiger partial charge on any atom is -0.438 e. The first-order valence-corrected chi connectivity index (χ1v) is 7.13. The maximum atomic E-state index is 8.99. The molecule has 1 aromatic carbocycles. The second-order valence-corrected chi connectivity index (χ2v) is 5.21. The molecule has 0 aliphatic carbocycles. The van der Waals surface area contributed by atoms with Crippen molar-refractivity contribution >= 4 is 11.6 Å². The van der Waals surface area contributed by atoms with Crippen molar-refractivity contribution in [2.24, 2.45) is 0 Å². The summed E-state index contributed by atoms with van der Waals surface area (Å²) in [5.41, 5.74) is 3.21. The normalized spacial score (nSPS) is 10.2. The van der Waals surface area contributed by atoms with Gasteiger partial charge in [-0.15, -0.1) is 0 Å². The largest absolute Gasteiger partial charge is 0.438 e. The second kappa shape index (κ2) is 6.55. The van der Waals surface area contributed by atoms with Crippen molar-refractivity contribution in [2.75, 3.05) is 0 Å². The van der Waals surface area contributed by atoms with Crippen LogP contribution in [0.3, 0.4) is 0 Å². The summed E-state index contributed by atoms with van der Waals surface area (Å²) in [4.78, 5) is 8.20. The molecule has 0 bridgehead atoms. The fraction of sp³-hybridized carbons (Fsp3) is 0.312. The summed E-state index contributed by atoms with van der Waals surface area (Å²) < 4.78 is 5.96. The van der Waals surface area contributed by atoms with Gasteiger partial charge in [0.25, 0.3) is 0 Å². The summed E-state index contributed by atoms with van der Waals surface area (Å²) in [7, 11) is 0. The van der Waals surface area contributed by atoms with Crippen LogP contribution in [-0.4, -0.2) is 9.97 Å². The molecule has 1 aromatic heterocycles. The van der Waals surface area contributed by atoms with E-state index in [0.717, 1.165) is 29.5 Å². The summed E-state index contributed by atoms with van der Waals surface area (Å²) >= 11 is 6.13. The predicted octanol–water partition coefficient (Wildman–Crippen LogP) is 4.36. The van der Waals surface area contributed by atoms with Gasteiger partial charge in [0.05, 0.1) is 17.2 Å². The van der Waals surface area contributed by atoms with Crippen LogP contribution < -0.4 is 4.74 Å². The Kier molecular flexibility index (Phi) is 4.77. The van der Waals surface area contributed by atoms with E-state index in [2.05, 4.69) is 23.0 Å². The molecule has 21 heavy (non-hydrogen) atoms. The zero-order chi connectivity index (χ0) is 15.4. The molecule has 0 fully saturated rings. The number of ether oxygens (including phenoxy) is 1. The van der Waals surface area contributed by atoms with Gasteiger partial charge in [-0.2, -0.15) is 5.26 Å². The SMILES string of the molecule is CCCc1c(Cl)ncnc1Oc1c(C)cc(C#N)cc1C. The van der Waals surface area contributed by atoms with Crippen LogP contribution in [-0.2, 0) is 6.42 Å². The van der Waals surface area contributed by atoms with E-state index in [1.807, 2.05) is 13.8 Å². The predicted molar refractivity (Wildman–Crippen MR) is 81.7 cm³/mol. The van der Waals surface area contributed by atoms with Crippen LogP contribution in [0.4, 0.5) is 0 Å². The third kappa shape index (κ3) is 3.32. The highest BCUT2D eigenvalue weighted by Crippen LogP contribution is 2.32. The van der Waals surface area contributed by atoms with Crippen LogP contribution in [0.2, 0.25) is 5.15 Å². The van der Waals surface area contributed by atoms with Crippen molar-refractivity contribution in [1.82, 2.24) is 9.97 Å². The Morgan fingerprint density at radius 1 is 1.24 bits per heavy atom. The van der Waals surface area contributed by atoms with Gasteiger partial charge in [0.15, 0.2) is 0 Å². The van der Waals surface area contributed by atoms with Crippen molar-refractivity contribution in [3.63, 3.8) is 0 Å². The van der Waals surface area contributed by atoms with E-state index in [1.165, 1.54) is 6.33 Å². The van der Waals surface area contributed by atoms with Crippen molar-refractivity contribution < 1.29 is 4.74 Å². The molecule has 0 atom stereocenters. The Bertz CT molecular complexity index is 684. The number of aromatic nitrogens is 2. The van der Waals surface area contributed by atoms with E-state index >= 15 is 0 Å². The summed E-state index contributed by atoms with van der Waals surface area (Å²) in [5.74, 6) is 1.19. The van der Waals surface area contributed by atoms with Gasteiger partial charge in [-0.25, -0.2) is 9.97 Å². The highest BCUT2D eigenvalue weighted by molar-refractivity contribution is 6.30. The molecule has 0 radical (unpaired) electrons. The number of rotatable bonds is 4. The van der Waals surface area contributed by atoms with Gasteiger partial charge < -0.3 is 4.74 Å². The van der Waals surface area contributed by atoms with Gasteiger partial charge >= 0.3 is 0 Å². The highest BCUT2D eigenvalue weighted by Gasteiger charge is 2.14. The molecule has 0 N–H and O–H groups in total. The van der Waals surface area contributed by atoms with Crippen molar-refractivity contribution in [2.45, 2.75) is 33.6 Å². The zero-order valence-electron chi connectivity index (χ0n) is 12.3. The first-order valence-electron chi connectivity index (χ1n) is 6.75. The molecule has 4 nitrogen and oxygen atoms in total. The van der Waals surface area contributed by atoms with Crippen molar-refractivity contribution in [3.05, 3.63) is 45.9 Å². The fourth-order valence-corrected chi connectivity index (χ4v) is 2.42. The molecule has 0 aliphatic heterocycles. The first kappa shape index (κ1) is 15.3. The van der Waals surface area contributed by atoms with Crippen LogP contribution in [0, 0.1) is 25.2 Å². The minimum atomic E-state index is 0.422. The number of hydrogen-bond donors (Lipinski definition) is 0. The van der Waals surface area contributed by atoms with E-state index < -0.39 is 0 Å². The molecule has 0 spiro atoms. The smallest absolute Gasteiger partial charge is 0.227 e.